The largest absolute Gasteiger partial charge is 0.519 e. The minimum Gasteiger partial charge on any atom is -0.458 e. The number of fused-ring (bicyclic) bond motifs is 6. The molecule has 1 atom stereocenters. The number of pyridine rings is 2. The van der Waals surface area contributed by atoms with E-state index in [9.17, 15) is 57.3 Å². The zero-order valence-corrected chi connectivity index (χ0v) is 40.2. The lowest BCUT2D eigenvalue weighted by Gasteiger charge is -2.48. The number of aromatic nitrogens is 4. The number of benzene rings is 2. The van der Waals surface area contributed by atoms with Crippen molar-refractivity contribution in [1.82, 2.24) is 23.8 Å². The van der Waals surface area contributed by atoms with E-state index in [1.54, 1.807) is 49.6 Å². The zero-order valence-electron chi connectivity index (χ0n) is 40.2. The molecular weight excluding hydrogens is 942 g/mol. The van der Waals surface area contributed by atoms with Crippen molar-refractivity contribution in [3.05, 3.63) is 97.6 Å². The topological polar surface area (TPSA) is 246 Å². The van der Waals surface area contributed by atoms with E-state index in [1.165, 1.54) is 18.2 Å². The van der Waals surface area contributed by atoms with Crippen LogP contribution in [0.15, 0.2) is 47.3 Å². The predicted octanol–water partition coefficient (Wildman–Crippen LogP) is 7.02. The third-order valence-electron chi connectivity index (χ3n) is 16.2. The lowest BCUT2D eigenvalue weighted by Crippen LogP contribution is -2.73. The summed E-state index contributed by atoms with van der Waals surface area (Å²) < 4.78 is 49.8. The van der Waals surface area contributed by atoms with E-state index in [-0.39, 0.29) is 109 Å². The molecule has 3 aromatic heterocycles. The number of hydrogen-bond donors (Lipinski definition) is 5. The average molecular weight is 997 g/mol. The van der Waals surface area contributed by atoms with Gasteiger partial charge in [0.15, 0.2) is 17.1 Å². The van der Waals surface area contributed by atoms with Gasteiger partial charge in [-0.05, 0) is 73.4 Å². The number of nitrogens with zero attached hydrogens (tertiary/aromatic N) is 6. The van der Waals surface area contributed by atoms with Crippen LogP contribution in [0.1, 0.15) is 121 Å². The van der Waals surface area contributed by atoms with Gasteiger partial charge in [-0.15, -0.1) is 0 Å². The number of ketones is 1. The Bertz CT molecular complexity index is 3250. The van der Waals surface area contributed by atoms with Crippen molar-refractivity contribution in [2.24, 2.45) is 11.1 Å². The normalized spacial score (nSPS) is 25.5. The molecule has 3 amide bonds. The first kappa shape index (κ1) is 48.6. The number of piperazine rings is 1. The van der Waals surface area contributed by atoms with Gasteiger partial charge in [-0.1, -0.05) is 27.7 Å². The van der Waals surface area contributed by atoms with Crippen molar-refractivity contribution in [3.63, 3.8) is 0 Å². The molecule has 2 fully saturated rings. The van der Waals surface area contributed by atoms with Gasteiger partial charge in [-0.25, -0.2) is 18.9 Å². The predicted molar refractivity (Wildman–Crippen MR) is 255 cm³/mol. The first-order valence-corrected chi connectivity index (χ1v) is 24.2. The lowest BCUT2D eigenvalue weighted by molar-refractivity contribution is -0.887. The summed E-state index contributed by atoms with van der Waals surface area (Å²) in [6.07, 6.45) is -4.79. The van der Waals surface area contributed by atoms with Gasteiger partial charge in [-0.2, -0.15) is 32.3 Å². The van der Waals surface area contributed by atoms with E-state index >= 15 is 0 Å². The fourth-order valence-corrected chi connectivity index (χ4v) is 12.3. The number of halogens is 3. The highest BCUT2D eigenvalue weighted by Gasteiger charge is 2.56. The minimum atomic E-state index is -4.89. The maximum absolute atomic E-state index is 14.3. The van der Waals surface area contributed by atoms with Crippen molar-refractivity contribution in [2.75, 3.05) is 31.5 Å². The third kappa shape index (κ3) is 7.40. The van der Waals surface area contributed by atoms with Gasteiger partial charge in [0, 0.05) is 59.6 Å². The van der Waals surface area contributed by atoms with Crippen LogP contribution in [-0.2, 0) is 47.3 Å². The Kier molecular flexibility index (Phi) is 11.4. The number of nitrogens with one attached hydrogen (secondary N) is 1. The number of ether oxygens (including phenoxy) is 1. The zero-order chi connectivity index (χ0) is 51.6. The molecule has 6 heterocycles. The second-order valence-electron chi connectivity index (χ2n) is 20.8. The molecule has 72 heavy (non-hydrogen) atoms. The second-order valence-corrected chi connectivity index (χ2v) is 20.8. The molecule has 0 radical (unpaired) electrons. The van der Waals surface area contributed by atoms with Crippen LogP contribution >= 0.6 is 0 Å². The molecule has 1 saturated heterocycles. The molecule has 2 aromatic carbocycles. The van der Waals surface area contributed by atoms with E-state index in [4.69, 9.17) is 15.5 Å². The van der Waals surface area contributed by atoms with Crippen LogP contribution in [0.2, 0.25) is 0 Å². The summed E-state index contributed by atoms with van der Waals surface area (Å²) in [6, 6.07) is 10.5. The molecule has 18 nitrogen and oxygen atoms in total. The summed E-state index contributed by atoms with van der Waals surface area (Å²) in [5.74, 6) is -2.25. The van der Waals surface area contributed by atoms with Crippen LogP contribution in [0.25, 0.3) is 28.0 Å². The molecule has 0 unspecified atom stereocenters. The van der Waals surface area contributed by atoms with Gasteiger partial charge in [0.1, 0.15) is 38.5 Å². The number of cyclic esters (lactones) is 1. The van der Waals surface area contributed by atoms with Gasteiger partial charge in [-0.3, -0.25) is 14.4 Å². The number of quaternary nitrogens is 2. The second kappa shape index (κ2) is 16.8. The van der Waals surface area contributed by atoms with E-state index < -0.39 is 68.3 Å². The number of primary amides is 1. The third-order valence-corrected chi connectivity index (χ3v) is 16.2. The number of aryl methyl sites for hydroxylation is 1. The van der Waals surface area contributed by atoms with E-state index in [1.807, 2.05) is 6.92 Å². The highest BCUT2D eigenvalue weighted by molar-refractivity contribution is 6.01. The van der Waals surface area contributed by atoms with Crippen LogP contribution < -0.4 is 21.1 Å². The number of rotatable bonds is 8. The highest BCUT2D eigenvalue weighted by Crippen LogP contribution is 2.45. The summed E-state index contributed by atoms with van der Waals surface area (Å²) in [7, 11) is 0. The maximum atomic E-state index is 14.3. The Labute approximate surface area is 410 Å². The van der Waals surface area contributed by atoms with Crippen LogP contribution in [0.5, 0.6) is 0 Å². The molecule has 10 rings (SSSR count). The van der Waals surface area contributed by atoms with E-state index in [0.29, 0.717) is 60.1 Å². The van der Waals surface area contributed by atoms with Gasteiger partial charge in [0.2, 0.25) is 0 Å². The molecule has 2 aliphatic carbocycles. The van der Waals surface area contributed by atoms with Crippen LogP contribution in [0.3, 0.4) is 0 Å². The number of carboxylic acid groups (broad SMARTS) is 2. The van der Waals surface area contributed by atoms with Gasteiger partial charge in [0.25, 0.3) is 11.5 Å². The van der Waals surface area contributed by atoms with Crippen molar-refractivity contribution in [3.8, 4) is 17.1 Å². The Morgan fingerprint density at radius 1 is 0.931 bits per heavy atom. The van der Waals surface area contributed by atoms with Crippen LogP contribution in [0.4, 0.5) is 34.1 Å². The van der Waals surface area contributed by atoms with Gasteiger partial charge in [0.05, 0.1) is 57.6 Å². The number of aliphatic hydroxyl groups is 1. The molecule has 0 spiro atoms. The molecule has 5 aromatic rings. The molecule has 21 heteroatoms. The Morgan fingerprint density at radius 2 is 1.64 bits per heavy atom. The minimum absolute atomic E-state index is 0.00188. The van der Waals surface area contributed by atoms with Crippen molar-refractivity contribution >= 4 is 52.1 Å². The standard InChI is InChI=1S/C51H53F3N8O10/c1-5-30-32-20-29(12-14-36(32)57-42-33(30)24-59-38(42)21-35-34(45(59)65)25-72-46(66)50(35,71)6-2)62(48(69)70)17-15-61(16-18-62,47(67)68)28-10-7-26(8-11-28)56-37-19-27(9-13-31(37)44(55)64)60-39-22-49(3,4)23-40(63)41(39)43(58-60)51(52,53)54/h9,12-14,19-21,26,28,71H,5-8,10-11,15-18,22-25H2,1-4H3,(H3-2,55,56,64,67,68,69,70)/p+2/t26-,28-,50-,61?,62?/m0/s1. The monoisotopic (exact) mass is 996 g/mol. The first-order valence-electron chi connectivity index (χ1n) is 24.2. The molecule has 3 aliphatic heterocycles. The summed E-state index contributed by atoms with van der Waals surface area (Å²) in [6.45, 7) is 7.01. The molecule has 6 N–H and O–H groups in total. The molecule has 5 aliphatic rings. The Morgan fingerprint density at radius 3 is 2.26 bits per heavy atom. The highest BCUT2D eigenvalue weighted by atomic mass is 19.4. The van der Waals surface area contributed by atoms with E-state index in [0.717, 1.165) is 15.8 Å². The number of alkyl halides is 3. The summed E-state index contributed by atoms with van der Waals surface area (Å²) in [5.41, 5.74) is 5.66. The molecule has 1 saturated carbocycles. The number of anilines is 1. The van der Waals surface area contributed by atoms with Crippen LogP contribution in [-0.4, -0.2) is 107 Å². The van der Waals surface area contributed by atoms with Crippen LogP contribution in [0, 0.1) is 5.41 Å². The van der Waals surface area contributed by atoms with E-state index in [2.05, 4.69) is 10.4 Å². The SMILES string of the molecule is CCc1c2c(nc3ccc([N+]4(C(=O)O)CC[N+](C(=O)O)([C@H]5CC[C@H](Nc6cc(-n7nc(C(F)(F)F)c8c7CC(C)(C)CC8=O)ccc6C(N)=O)CC5)CC4)cc13)-c1cc3c(c(=O)n1C2)COC(=O)[C@]3(O)CC. The summed E-state index contributed by atoms with van der Waals surface area (Å²) in [4.78, 5) is 84.3. The fraction of sp³-hybridized carbons (Fsp3) is 0.451. The quantitative estimate of drug-likeness (QED) is 0.0761. The number of Topliss-reactive ketones (excluding diaryl/α,β-unsaturated/α-hetero) is 1. The van der Waals surface area contributed by atoms with Gasteiger partial charge >= 0.3 is 24.3 Å². The Balaban J connectivity index is 0.895. The molecular formula is C51H55F3N8O10+2. The average Bonchev–Trinajstić information content (AvgIpc) is 3.91. The maximum Gasteiger partial charge on any atom is 0.519 e. The first-order chi connectivity index (χ1) is 34.0. The number of nitrogens with two attached hydrogens (primary N) is 1. The summed E-state index contributed by atoms with van der Waals surface area (Å²) >= 11 is 0. The fourth-order valence-electron chi connectivity index (χ4n) is 12.3. The smallest absolute Gasteiger partial charge is 0.458 e. The number of carbonyl (C=O) groups excluding carboxylic acids is 3. The molecule has 0 bridgehead atoms. The van der Waals surface area contributed by atoms with Crippen molar-refractivity contribution < 1.29 is 61.7 Å². The van der Waals surface area contributed by atoms with Gasteiger partial charge < -0.3 is 35.7 Å². The number of esters is 1. The number of amides is 3. The number of carbonyl (C=O) groups is 5. The Hall–Kier alpha value is -6.97. The summed E-state index contributed by atoms with van der Waals surface area (Å²) in [5, 5.41) is 41.2. The lowest BCUT2D eigenvalue weighted by atomic mass is 9.75. The molecule has 378 valence electrons. The van der Waals surface area contributed by atoms with Crippen molar-refractivity contribution in [1.29, 1.82) is 0 Å². The van der Waals surface area contributed by atoms with Crippen molar-refractivity contribution in [2.45, 2.75) is 116 Å². The number of hydrogen-bond acceptors (Lipinski definition) is 11.